The van der Waals surface area contributed by atoms with Crippen molar-refractivity contribution in [3.63, 3.8) is 0 Å². The lowest BCUT2D eigenvalue weighted by Gasteiger charge is -2.15. The summed E-state index contributed by atoms with van der Waals surface area (Å²) in [5, 5.41) is 3.88. The van der Waals surface area contributed by atoms with E-state index in [1.807, 2.05) is 7.05 Å². The largest absolute Gasteiger partial charge is 0.382 e. The van der Waals surface area contributed by atoms with Gasteiger partial charge in [0.2, 0.25) is 0 Å². The molecule has 0 fully saturated rings. The Labute approximate surface area is 119 Å². The molecule has 1 amide bonds. The number of amides is 1. The van der Waals surface area contributed by atoms with Gasteiger partial charge in [0.15, 0.2) is 5.13 Å². The third-order valence-electron chi connectivity index (χ3n) is 2.82. The first-order chi connectivity index (χ1) is 9.10. The maximum atomic E-state index is 12.2. The van der Waals surface area contributed by atoms with Crippen molar-refractivity contribution in [2.45, 2.75) is 39.5 Å². The molecule has 0 saturated carbocycles. The number of aromatic nitrogens is 1. The van der Waals surface area contributed by atoms with Gasteiger partial charge in [-0.25, -0.2) is 4.98 Å². The van der Waals surface area contributed by atoms with Gasteiger partial charge >= 0.3 is 0 Å². The van der Waals surface area contributed by atoms with Crippen LogP contribution in [0.15, 0.2) is 0 Å². The summed E-state index contributed by atoms with van der Waals surface area (Å²) in [4.78, 5) is 18.7. The van der Waals surface area contributed by atoms with Crippen molar-refractivity contribution in [1.82, 2.24) is 9.88 Å². The quantitative estimate of drug-likeness (QED) is 0.720. The van der Waals surface area contributed by atoms with Gasteiger partial charge in [0.1, 0.15) is 10.7 Å². The minimum absolute atomic E-state index is 0.0318. The minimum Gasteiger partial charge on any atom is -0.382 e. The molecular weight excluding hydrogens is 260 g/mol. The third-order valence-corrected chi connectivity index (χ3v) is 3.83. The van der Waals surface area contributed by atoms with E-state index in [0.29, 0.717) is 10.7 Å². The van der Waals surface area contributed by atoms with Crippen molar-refractivity contribution in [3.8, 4) is 0 Å². The van der Waals surface area contributed by atoms with Crippen LogP contribution in [-0.4, -0.2) is 35.9 Å². The number of nitrogen functional groups attached to an aromatic ring is 1. The molecule has 5 nitrogen and oxygen atoms in total. The molecule has 6 heteroatoms. The molecule has 0 spiro atoms. The van der Waals surface area contributed by atoms with Crippen LogP contribution in [-0.2, 0) is 0 Å². The van der Waals surface area contributed by atoms with Crippen LogP contribution in [0.25, 0.3) is 0 Å². The molecule has 1 rings (SSSR count). The Balaban J connectivity index is 2.62. The molecule has 0 aromatic carbocycles. The molecule has 0 radical (unpaired) electrons. The molecule has 19 heavy (non-hydrogen) atoms. The van der Waals surface area contributed by atoms with Crippen LogP contribution in [0.1, 0.15) is 49.2 Å². The molecule has 3 N–H and O–H groups in total. The van der Waals surface area contributed by atoms with Crippen molar-refractivity contribution in [2.75, 3.05) is 31.2 Å². The number of carbonyl (C=O) groups excluding carboxylic acids is 1. The van der Waals surface area contributed by atoms with Crippen molar-refractivity contribution < 1.29 is 4.79 Å². The molecule has 0 saturated heterocycles. The SMILES string of the molecule is CCCCCN(C)C(=O)c1sc(NCCC)nc1N. The Bertz CT molecular complexity index is 405. The van der Waals surface area contributed by atoms with E-state index in [2.05, 4.69) is 24.1 Å². The summed E-state index contributed by atoms with van der Waals surface area (Å²) in [5.74, 6) is 0.298. The first-order valence-corrected chi connectivity index (χ1v) is 7.67. The highest BCUT2D eigenvalue weighted by atomic mass is 32.1. The molecule has 0 unspecified atom stereocenters. The third kappa shape index (κ3) is 4.70. The van der Waals surface area contributed by atoms with E-state index in [9.17, 15) is 4.79 Å². The Morgan fingerprint density at radius 3 is 2.74 bits per heavy atom. The van der Waals surface area contributed by atoms with Gasteiger partial charge in [0, 0.05) is 20.1 Å². The van der Waals surface area contributed by atoms with Crippen LogP contribution in [0.5, 0.6) is 0 Å². The molecule has 108 valence electrons. The highest BCUT2D eigenvalue weighted by molar-refractivity contribution is 7.18. The van der Waals surface area contributed by atoms with Crippen LogP contribution < -0.4 is 11.1 Å². The van der Waals surface area contributed by atoms with E-state index in [4.69, 9.17) is 5.73 Å². The fourth-order valence-electron chi connectivity index (χ4n) is 1.67. The number of rotatable bonds is 8. The molecule has 1 aromatic heterocycles. The highest BCUT2D eigenvalue weighted by Crippen LogP contribution is 2.26. The van der Waals surface area contributed by atoms with Gasteiger partial charge in [-0.3, -0.25) is 4.79 Å². The first-order valence-electron chi connectivity index (χ1n) is 6.85. The van der Waals surface area contributed by atoms with E-state index < -0.39 is 0 Å². The van der Waals surface area contributed by atoms with Crippen molar-refractivity contribution in [2.24, 2.45) is 0 Å². The van der Waals surface area contributed by atoms with Crippen LogP contribution in [0.4, 0.5) is 10.9 Å². The monoisotopic (exact) mass is 284 g/mol. The molecule has 0 aliphatic heterocycles. The van der Waals surface area contributed by atoms with E-state index >= 15 is 0 Å². The number of nitrogens with one attached hydrogen (secondary N) is 1. The number of carbonyl (C=O) groups is 1. The predicted molar refractivity (Wildman–Crippen MR) is 81.8 cm³/mol. The van der Waals surface area contributed by atoms with Gasteiger partial charge in [-0.2, -0.15) is 0 Å². The number of thiazole rings is 1. The van der Waals surface area contributed by atoms with Crippen molar-refractivity contribution in [3.05, 3.63) is 4.88 Å². The molecule has 0 aliphatic rings. The number of hydrogen-bond donors (Lipinski definition) is 2. The van der Waals surface area contributed by atoms with Gasteiger partial charge in [0.25, 0.3) is 5.91 Å². The van der Waals surface area contributed by atoms with Crippen LogP contribution in [0.3, 0.4) is 0 Å². The smallest absolute Gasteiger partial charge is 0.267 e. The molecule has 0 aliphatic carbocycles. The lowest BCUT2D eigenvalue weighted by molar-refractivity contribution is 0.0798. The van der Waals surface area contributed by atoms with Gasteiger partial charge in [-0.15, -0.1) is 0 Å². The van der Waals surface area contributed by atoms with Gasteiger partial charge < -0.3 is 16.0 Å². The van der Waals surface area contributed by atoms with Crippen LogP contribution >= 0.6 is 11.3 Å². The second-order valence-corrected chi connectivity index (χ2v) is 5.59. The highest BCUT2D eigenvalue weighted by Gasteiger charge is 2.19. The molecule has 0 atom stereocenters. The summed E-state index contributed by atoms with van der Waals surface area (Å²) in [5.41, 5.74) is 5.82. The number of anilines is 2. The maximum absolute atomic E-state index is 12.2. The lowest BCUT2D eigenvalue weighted by atomic mass is 10.2. The Morgan fingerprint density at radius 1 is 1.37 bits per heavy atom. The second-order valence-electron chi connectivity index (χ2n) is 4.59. The zero-order valence-corrected chi connectivity index (χ0v) is 12.8. The maximum Gasteiger partial charge on any atom is 0.267 e. The van der Waals surface area contributed by atoms with Gasteiger partial charge in [-0.05, 0) is 12.8 Å². The average Bonchev–Trinajstić information content (AvgIpc) is 2.76. The topological polar surface area (TPSA) is 71.2 Å². The molecule has 0 bridgehead atoms. The van der Waals surface area contributed by atoms with Crippen LogP contribution in [0.2, 0.25) is 0 Å². The number of nitrogens with two attached hydrogens (primary N) is 1. The molecule has 1 heterocycles. The Morgan fingerprint density at radius 2 is 2.11 bits per heavy atom. The lowest BCUT2D eigenvalue weighted by Crippen LogP contribution is -2.27. The summed E-state index contributed by atoms with van der Waals surface area (Å²) in [6.07, 6.45) is 4.33. The van der Waals surface area contributed by atoms with Crippen molar-refractivity contribution in [1.29, 1.82) is 0 Å². The van der Waals surface area contributed by atoms with Crippen molar-refractivity contribution >= 4 is 28.2 Å². The van der Waals surface area contributed by atoms with Gasteiger partial charge in [-0.1, -0.05) is 38.0 Å². The Kier molecular flexibility index (Phi) is 6.62. The summed E-state index contributed by atoms with van der Waals surface area (Å²) >= 11 is 1.34. The van der Waals surface area contributed by atoms with E-state index in [0.717, 1.165) is 43.9 Å². The molecule has 1 aromatic rings. The summed E-state index contributed by atoms with van der Waals surface area (Å²) < 4.78 is 0. The summed E-state index contributed by atoms with van der Waals surface area (Å²) in [6.45, 7) is 5.83. The zero-order valence-electron chi connectivity index (χ0n) is 12.0. The molecular formula is C13H24N4OS. The number of unbranched alkanes of at least 4 members (excludes halogenated alkanes) is 2. The fraction of sp³-hybridized carbons (Fsp3) is 0.692. The predicted octanol–water partition coefficient (Wildman–Crippen LogP) is 2.81. The normalized spacial score (nSPS) is 10.5. The Hall–Kier alpha value is -1.30. The van der Waals surface area contributed by atoms with E-state index in [-0.39, 0.29) is 5.91 Å². The minimum atomic E-state index is -0.0318. The summed E-state index contributed by atoms with van der Waals surface area (Å²) in [7, 11) is 1.82. The van der Waals surface area contributed by atoms with Gasteiger partial charge in [0.05, 0.1) is 0 Å². The van der Waals surface area contributed by atoms with E-state index in [1.54, 1.807) is 4.90 Å². The number of hydrogen-bond acceptors (Lipinski definition) is 5. The second kappa shape index (κ2) is 7.99. The van der Waals surface area contributed by atoms with Crippen LogP contribution in [0, 0.1) is 0 Å². The fourth-order valence-corrected chi connectivity index (χ4v) is 2.57. The summed E-state index contributed by atoms with van der Waals surface area (Å²) in [6, 6.07) is 0. The standard InChI is InChI=1S/C13H24N4OS/c1-4-6-7-9-17(3)12(18)10-11(14)16-13(19-10)15-8-5-2/h4-9,14H2,1-3H3,(H,15,16). The van der Waals surface area contributed by atoms with E-state index in [1.165, 1.54) is 11.3 Å². The first kappa shape index (κ1) is 15.8. The zero-order chi connectivity index (χ0) is 14.3. The average molecular weight is 284 g/mol. The number of nitrogens with zero attached hydrogens (tertiary/aromatic N) is 2.